The van der Waals surface area contributed by atoms with Crippen LogP contribution in [0.25, 0.3) is 0 Å². The van der Waals surface area contributed by atoms with E-state index < -0.39 is 11.6 Å². The number of aliphatic hydroxyl groups is 1. The largest absolute Gasteiger partial charge is 0.481 e. The van der Waals surface area contributed by atoms with Crippen LogP contribution in [-0.4, -0.2) is 45.8 Å². The second-order valence-corrected chi connectivity index (χ2v) is 5.14. The lowest BCUT2D eigenvalue weighted by molar-refractivity contribution is -0.137. The smallest absolute Gasteiger partial charge is 0.304 e. The molecule has 0 aromatic rings. The molecule has 1 fully saturated rings. The molecule has 0 aromatic heterocycles. The molecule has 0 spiro atoms. The van der Waals surface area contributed by atoms with Crippen LogP contribution >= 0.6 is 0 Å². The molecule has 2 N–H and O–H groups in total. The van der Waals surface area contributed by atoms with Gasteiger partial charge in [-0.1, -0.05) is 12.8 Å². The number of aliphatic carboxylic acids is 1. The summed E-state index contributed by atoms with van der Waals surface area (Å²) in [4.78, 5) is 12.6. The highest BCUT2D eigenvalue weighted by Crippen LogP contribution is 2.30. The zero-order valence-corrected chi connectivity index (χ0v) is 10.3. The van der Waals surface area contributed by atoms with E-state index in [1.165, 1.54) is 0 Å². The predicted octanol–water partition coefficient (Wildman–Crippen LogP) is 1.48. The van der Waals surface area contributed by atoms with Crippen molar-refractivity contribution in [1.82, 2.24) is 4.90 Å². The summed E-state index contributed by atoms with van der Waals surface area (Å²) in [6.07, 6.45) is 4.02. The van der Waals surface area contributed by atoms with Gasteiger partial charge in [-0.25, -0.2) is 0 Å². The zero-order valence-electron chi connectivity index (χ0n) is 10.3. The van der Waals surface area contributed by atoms with E-state index in [-0.39, 0.29) is 12.5 Å². The molecule has 94 valence electrons. The third-order valence-corrected chi connectivity index (χ3v) is 3.37. The summed E-state index contributed by atoms with van der Waals surface area (Å²) in [6, 6.07) is 0.281. The molecule has 0 radical (unpaired) electrons. The normalized spacial score (nSPS) is 19.6. The van der Waals surface area contributed by atoms with Gasteiger partial charge in [0.1, 0.15) is 0 Å². The summed E-state index contributed by atoms with van der Waals surface area (Å²) < 4.78 is 0. The molecule has 16 heavy (non-hydrogen) atoms. The van der Waals surface area contributed by atoms with E-state index in [0.29, 0.717) is 13.1 Å². The Kier molecular flexibility index (Phi) is 4.74. The molecule has 0 bridgehead atoms. The fourth-order valence-electron chi connectivity index (χ4n) is 2.33. The van der Waals surface area contributed by atoms with Gasteiger partial charge in [-0.2, -0.15) is 0 Å². The van der Waals surface area contributed by atoms with Crippen molar-refractivity contribution < 1.29 is 15.0 Å². The van der Waals surface area contributed by atoms with E-state index in [1.807, 2.05) is 13.8 Å². The Balaban J connectivity index is 2.46. The number of carboxylic acid groups (broad SMARTS) is 1. The van der Waals surface area contributed by atoms with Gasteiger partial charge in [0.25, 0.3) is 0 Å². The second kappa shape index (κ2) is 5.64. The lowest BCUT2D eigenvalue weighted by atomic mass is 10.0. The van der Waals surface area contributed by atoms with Crippen molar-refractivity contribution in [3.05, 3.63) is 0 Å². The van der Waals surface area contributed by atoms with Crippen molar-refractivity contribution in [1.29, 1.82) is 0 Å². The molecule has 0 amide bonds. The van der Waals surface area contributed by atoms with Crippen molar-refractivity contribution in [2.24, 2.45) is 0 Å². The van der Waals surface area contributed by atoms with Crippen LogP contribution in [0.2, 0.25) is 0 Å². The quantitative estimate of drug-likeness (QED) is 0.724. The molecule has 0 aromatic carbocycles. The standard InChI is InChI=1S/C12H23NO3/c1-10(2)13(8-5-11(14)15)9-12(16)6-3-4-7-12/h10,16H,3-9H2,1-2H3,(H,14,15). The van der Waals surface area contributed by atoms with Crippen molar-refractivity contribution >= 4 is 5.97 Å². The Morgan fingerprint density at radius 1 is 1.38 bits per heavy atom. The summed E-state index contributed by atoms with van der Waals surface area (Å²) >= 11 is 0. The monoisotopic (exact) mass is 229 g/mol. The van der Waals surface area contributed by atoms with E-state index >= 15 is 0 Å². The molecule has 1 rings (SSSR count). The molecule has 4 heteroatoms. The summed E-state index contributed by atoms with van der Waals surface area (Å²) in [5, 5.41) is 19.0. The van der Waals surface area contributed by atoms with Gasteiger partial charge in [0, 0.05) is 19.1 Å². The minimum absolute atomic E-state index is 0.147. The topological polar surface area (TPSA) is 60.8 Å². The van der Waals surface area contributed by atoms with Gasteiger partial charge in [0.15, 0.2) is 0 Å². The van der Waals surface area contributed by atoms with Crippen molar-refractivity contribution in [3.8, 4) is 0 Å². The van der Waals surface area contributed by atoms with Gasteiger partial charge >= 0.3 is 5.97 Å². The van der Waals surface area contributed by atoms with Crippen molar-refractivity contribution in [2.75, 3.05) is 13.1 Å². The van der Waals surface area contributed by atoms with E-state index in [2.05, 4.69) is 4.90 Å². The van der Waals surface area contributed by atoms with Gasteiger partial charge in [-0.15, -0.1) is 0 Å². The Labute approximate surface area is 97.3 Å². The first kappa shape index (κ1) is 13.5. The molecular weight excluding hydrogens is 206 g/mol. The average Bonchev–Trinajstić information content (AvgIpc) is 2.59. The summed E-state index contributed by atoms with van der Waals surface area (Å²) in [5.74, 6) is -0.774. The van der Waals surface area contributed by atoms with Crippen LogP contribution in [-0.2, 0) is 4.79 Å². The number of carbonyl (C=O) groups is 1. The van der Waals surface area contributed by atoms with Gasteiger partial charge < -0.3 is 10.2 Å². The highest BCUT2D eigenvalue weighted by atomic mass is 16.4. The van der Waals surface area contributed by atoms with Gasteiger partial charge in [0.05, 0.1) is 12.0 Å². The number of nitrogens with zero attached hydrogens (tertiary/aromatic N) is 1. The first-order valence-electron chi connectivity index (χ1n) is 6.11. The summed E-state index contributed by atoms with van der Waals surface area (Å²) in [6.45, 7) is 5.22. The van der Waals surface area contributed by atoms with E-state index in [9.17, 15) is 9.90 Å². The SMILES string of the molecule is CC(C)N(CCC(=O)O)CC1(O)CCCC1. The highest BCUT2D eigenvalue weighted by Gasteiger charge is 2.33. The molecule has 1 saturated carbocycles. The number of hydrogen-bond donors (Lipinski definition) is 2. The average molecular weight is 229 g/mol. The van der Waals surface area contributed by atoms with Crippen molar-refractivity contribution in [2.45, 2.75) is 57.6 Å². The third-order valence-electron chi connectivity index (χ3n) is 3.37. The molecule has 0 unspecified atom stereocenters. The predicted molar refractivity (Wildman–Crippen MR) is 62.4 cm³/mol. The van der Waals surface area contributed by atoms with Crippen LogP contribution < -0.4 is 0 Å². The van der Waals surface area contributed by atoms with Crippen LogP contribution in [0.5, 0.6) is 0 Å². The third kappa shape index (κ3) is 4.10. The van der Waals surface area contributed by atoms with Crippen LogP contribution in [0.3, 0.4) is 0 Å². The minimum atomic E-state index is -0.774. The first-order valence-corrected chi connectivity index (χ1v) is 6.11. The Hall–Kier alpha value is -0.610. The molecule has 0 saturated heterocycles. The van der Waals surface area contributed by atoms with E-state index in [1.54, 1.807) is 0 Å². The Bertz CT molecular complexity index is 234. The van der Waals surface area contributed by atoms with Gasteiger partial charge in [-0.3, -0.25) is 9.69 Å². The molecule has 0 atom stereocenters. The lowest BCUT2D eigenvalue weighted by Crippen LogP contribution is -2.45. The molecule has 4 nitrogen and oxygen atoms in total. The first-order chi connectivity index (χ1) is 7.43. The fourth-order valence-corrected chi connectivity index (χ4v) is 2.33. The van der Waals surface area contributed by atoms with Crippen LogP contribution in [0.4, 0.5) is 0 Å². The second-order valence-electron chi connectivity index (χ2n) is 5.14. The maximum absolute atomic E-state index is 10.6. The van der Waals surface area contributed by atoms with Gasteiger partial charge in [0.2, 0.25) is 0 Å². The molecule has 0 heterocycles. The number of hydrogen-bond acceptors (Lipinski definition) is 3. The van der Waals surface area contributed by atoms with Crippen LogP contribution in [0.15, 0.2) is 0 Å². The zero-order chi connectivity index (χ0) is 12.2. The lowest BCUT2D eigenvalue weighted by Gasteiger charge is -2.33. The maximum Gasteiger partial charge on any atom is 0.304 e. The van der Waals surface area contributed by atoms with E-state index in [0.717, 1.165) is 25.7 Å². The number of carboxylic acids is 1. The Morgan fingerprint density at radius 3 is 2.38 bits per heavy atom. The summed E-state index contributed by atoms with van der Waals surface area (Å²) in [7, 11) is 0. The van der Waals surface area contributed by atoms with Crippen LogP contribution in [0, 0.1) is 0 Å². The van der Waals surface area contributed by atoms with Gasteiger partial charge in [-0.05, 0) is 26.7 Å². The maximum atomic E-state index is 10.6. The fraction of sp³-hybridized carbons (Fsp3) is 0.917. The molecule has 0 aliphatic heterocycles. The molecule has 1 aliphatic rings. The minimum Gasteiger partial charge on any atom is -0.481 e. The van der Waals surface area contributed by atoms with E-state index in [4.69, 9.17) is 5.11 Å². The summed E-state index contributed by atoms with van der Waals surface area (Å²) in [5.41, 5.74) is -0.581. The van der Waals surface area contributed by atoms with Crippen LogP contribution in [0.1, 0.15) is 46.0 Å². The highest BCUT2D eigenvalue weighted by molar-refractivity contribution is 5.66. The van der Waals surface area contributed by atoms with Crippen molar-refractivity contribution in [3.63, 3.8) is 0 Å². The number of rotatable bonds is 6. The molecule has 1 aliphatic carbocycles. The Morgan fingerprint density at radius 2 is 1.94 bits per heavy atom. The molecular formula is C12H23NO3.